The van der Waals surface area contributed by atoms with Gasteiger partial charge in [0.05, 0.1) is 18.7 Å². The molecule has 11 nitrogen and oxygen atoms in total. The maximum atomic E-state index is 11.6. The van der Waals surface area contributed by atoms with Crippen molar-refractivity contribution in [3.63, 3.8) is 0 Å². The number of esters is 1. The van der Waals surface area contributed by atoms with E-state index in [0.29, 0.717) is 12.8 Å². The smallest absolute Gasteiger partial charge is 0.325 e. The summed E-state index contributed by atoms with van der Waals surface area (Å²) in [6, 6.07) is 0. The van der Waals surface area contributed by atoms with Gasteiger partial charge in [-0.05, 0) is 26.2 Å². The Bertz CT molecular complexity index is 702. The third-order valence-corrected chi connectivity index (χ3v) is 3.27. The van der Waals surface area contributed by atoms with Crippen LogP contribution in [0.1, 0.15) is 31.7 Å². The average molecular weight is 369 g/mol. The fourth-order valence-electron chi connectivity index (χ4n) is 2.03. The summed E-state index contributed by atoms with van der Waals surface area (Å²) in [7, 11) is 0. The third-order valence-electron chi connectivity index (χ3n) is 3.27. The number of hydrogen-bond acceptors (Lipinski definition) is 8. The van der Waals surface area contributed by atoms with E-state index in [4.69, 9.17) is 5.73 Å². The Morgan fingerprint density at radius 3 is 2.54 bits per heavy atom. The van der Waals surface area contributed by atoms with Gasteiger partial charge in [0.15, 0.2) is 0 Å². The molecule has 0 atom stereocenters. The highest BCUT2D eigenvalue weighted by atomic mass is 16.5. The highest BCUT2D eigenvalue weighted by Crippen LogP contribution is 2.12. The number of rotatable bonds is 10. The van der Waals surface area contributed by atoms with Crippen molar-refractivity contribution in [3.8, 4) is 5.88 Å². The molecule has 6 N–H and O–H groups in total. The zero-order chi connectivity index (χ0) is 19.5. The van der Waals surface area contributed by atoms with Crippen LogP contribution in [0.25, 0.3) is 0 Å². The third kappa shape index (κ3) is 7.64. The number of aromatic hydroxyl groups is 1. The van der Waals surface area contributed by atoms with E-state index in [1.807, 2.05) is 0 Å². The van der Waals surface area contributed by atoms with Crippen molar-refractivity contribution in [1.29, 1.82) is 0 Å². The van der Waals surface area contributed by atoms with Gasteiger partial charge < -0.3 is 26.2 Å². The molecule has 26 heavy (non-hydrogen) atoms. The number of aromatic nitrogens is 2. The lowest BCUT2D eigenvalue weighted by atomic mass is 10.1. The minimum atomic E-state index is -0.553. The van der Waals surface area contributed by atoms with E-state index in [0.717, 1.165) is 0 Å². The number of ether oxygens (including phenoxy) is 1. The number of amides is 2. The van der Waals surface area contributed by atoms with Gasteiger partial charge in [0.25, 0.3) is 5.56 Å². The second-order valence-electron chi connectivity index (χ2n) is 5.32. The summed E-state index contributed by atoms with van der Waals surface area (Å²) in [5.74, 6) is -1.99. The molecule has 2 amide bonds. The fraction of sp³-hybridized carbons (Fsp3) is 0.533. The molecule has 0 bridgehead atoms. The molecule has 1 heterocycles. The molecule has 0 unspecified atom stereocenters. The van der Waals surface area contributed by atoms with Gasteiger partial charge in [0, 0.05) is 6.42 Å². The van der Waals surface area contributed by atoms with Crippen molar-refractivity contribution in [2.45, 2.75) is 32.6 Å². The Balaban J connectivity index is 2.22. The van der Waals surface area contributed by atoms with Gasteiger partial charge in [-0.3, -0.25) is 24.2 Å². The van der Waals surface area contributed by atoms with Crippen LogP contribution in [0.2, 0.25) is 0 Å². The Labute approximate surface area is 149 Å². The van der Waals surface area contributed by atoms with Crippen molar-refractivity contribution < 1.29 is 24.2 Å². The zero-order valence-electron chi connectivity index (χ0n) is 14.5. The van der Waals surface area contributed by atoms with Gasteiger partial charge in [0.1, 0.15) is 6.54 Å². The monoisotopic (exact) mass is 369 g/mol. The zero-order valence-corrected chi connectivity index (χ0v) is 14.5. The number of carbonyl (C=O) groups excluding carboxylic acids is 3. The molecule has 0 radical (unpaired) electrons. The molecule has 0 aliphatic carbocycles. The highest BCUT2D eigenvalue weighted by Gasteiger charge is 2.11. The van der Waals surface area contributed by atoms with E-state index in [-0.39, 0.29) is 50.0 Å². The molecule has 144 valence electrons. The Hall–Kier alpha value is -3.11. The largest absolute Gasteiger partial charge is 0.493 e. The maximum Gasteiger partial charge on any atom is 0.325 e. The SMILES string of the molecule is CCOC(=O)CNC(=O)CNC(=O)CCCCc1c(O)nc(N)[nH]c1=O. The molecule has 0 aromatic carbocycles. The van der Waals surface area contributed by atoms with E-state index in [2.05, 4.69) is 25.3 Å². The van der Waals surface area contributed by atoms with Crippen molar-refractivity contribution >= 4 is 23.7 Å². The number of anilines is 1. The van der Waals surface area contributed by atoms with E-state index in [1.54, 1.807) is 6.92 Å². The van der Waals surface area contributed by atoms with E-state index >= 15 is 0 Å². The Morgan fingerprint density at radius 2 is 1.88 bits per heavy atom. The minimum Gasteiger partial charge on any atom is -0.493 e. The lowest BCUT2D eigenvalue weighted by Gasteiger charge is -2.07. The van der Waals surface area contributed by atoms with Crippen molar-refractivity contribution in [2.75, 3.05) is 25.4 Å². The molecular weight excluding hydrogens is 346 g/mol. The number of nitrogens with one attached hydrogen (secondary N) is 3. The van der Waals surface area contributed by atoms with Crippen LogP contribution in [0.3, 0.4) is 0 Å². The molecule has 0 aliphatic heterocycles. The summed E-state index contributed by atoms with van der Waals surface area (Å²) in [6.07, 6.45) is 1.29. The number of hydrogen-bond donors (Lipinski definition) is 5. The predicted molar refractivity (Wildman–Crippen MR) is 91.1 cm³/mol. The number of H-pyrrole nitrogens is 1. The van der Waals surface area contributed by atoms with Crippen LogP contribution in [0.15, 0.2) is 4.79 Å². The molecule has 0 saturated carbocycles. The van der Waals surface area contributed by atoms with Gasteiger partial charge in [-0.15, -0.1) is 0 Å². The topological polar surface area (TPSA) is 176 Å². The average Bonchev–Trinajstić information content (AvgIpc) is 2.56. The van der Waals surface area contributed by atoms with Crippen LogP contribution >= 0.6 is 0 Å². The number of nitrogens with two attached hydrogens (primary N) is 1. The number of nitrogens with zero attached hydrogens (tertiary/aromatic N) is 1. The van der Waals surface area contributed by atoms with E-state index in [9.17, 15) is 24.3 Å². The van der Waals surface area contributed by atoms with Crippen LogP contribution in [-0.4, -0.2) is 52.6 Å². The molecular formula is C15H23N5O6. The van der Waals surface area contributed by atoms with Crippen LogP contribution in [0.4, 0.5) is 5.95 Å². The lowest BCUT2D eigenvalue weighted by Crippen LogP contribution is -2.39. The standard InChI is InChI=1S/C15H23N5O6/c1-2-26-12(23)8-18-11(22)7-17-10(21)6-4-3-5-9-13(24)19-15(16)20-14(9)25/h2-8H2,1H3,(H,17,21)(H,18,22)(H4,16,19,20,24,25). The molecule has 0 aliphatic rings. The van der Waals surface area contributed by atoms with Crippen molar-refractivity contribution in [1.82, 2.24) is 20.6 Å². The second-order valence-corrected chi connectivity index (χ2v) is 5.32. The van der Waals surface area contributed by atoms with Gasteiger partial charge >= 0.3 is 5.97 Å². The van der Waals surface area contributed by atoms with Gasteiger partial charge in [-0.2, -0.15) is 4.98 Å². The van der Waals surface area contributed by atoms with Crippen LogP contribution in [0, 0.1) is 0 Å². The van der Waals surface area contributed by atoms with Gasteiger partial charge in [-0.25, -0.2) is 0 Å². The molecule has 0 spiro atoms. The summed E-state index contributed by atoms with van der Waals surface area (Å²) in [5, 5.41) is 14.3. The Kier molecular flexibility index (Phi) is 8.61. The summed E-state index contributed by atoms with van der Waals surface area (Å²) >= 11 is 0. The predicted octanol–water partition coefficient (Wildman–Crippen LogP) is -1.43. The van der Waals surface area contributed by atoms with E-state index < -0.39 is 23.3 Å². The van der Waals surface area contributed by atoms with Crippen LogP contribution < -0.4 is 21.9 Å². The first-order valence-corrected chi connectivity index (χ1v) is 8.10. The first-order valence-electron chi connectivity index (χ1n) is 8.10. The number of unbranched alkanes of at least 4 members (excludes halogenated alkanes) is 1. The summed E-state index contributed by atoms with van der Waals surface area (Å²) < 4.78 is 4.65. The lowest BCUT2D eigenvalue weighted by molar-refractivity contribution is -0.143. The molecule has 0 fully saturated rings. The fourth-order valence-corrected chi connectivity index (χ4v) is 2.03. The first-order chi connectivity index (χ1) is 12.3. The molecule has 0 saturated heterocycles. The molecule has 1 aromatic rings. The molecule has 1 aromatic heterocycles. The van der Waals surface area contributed by atoms with Gasteiger partial charge in [-0.1, -0.05) is 0 Å². The number of carbonyl (C=O) groups is 3. The highest BCUT2D eigenvalue weighted by molar-refractivity contribution is 5.86. The Morgan fingerprint density at radius 1 is 1.19 bits per heavy atom. The second kappa shape index (κ2) is 10.7. The molecule has 1 rings (SSSR count). The first kappa shape index (κ1) is 20.9. The van der Waals surface area contributed by atoms with Crippen molar-refractivity contribution in [3.05, 3.63) is 15.9 Å². The molecule has 11 heteroatoms. The van der Waals surface area contributed by atoms with Crippen LogP contribution in [0.5, 0.6) is 5.88 Å². The summed E-state index contributed by atoms with van der Waals surface area (Å²) in [4.78, 5) is 51.6. The number of nitrogen functional groups attached to an aromatic ring is 1. The summed E-state index contributed by atoms with van der Waals surface area (Å²) in [6.45, 7) is 1.37. The number of aromatic amines is 1. The normalized spacial score (nSPS) is 10.2. The summed E-state index contributed by atoms with van der Waals surface area (Å²) in [5.41, 5.74) is 4.89. The van der Waals surface area contributed by atoms with E-state index in [1.165, 1.54) is 0 Å². The quantitative estimate of drug-likeness (QED) is 0.246. The van der Waals surface area contributed by atoms with Gasteiger partial charge in [0.2, 0.25) is 23.6 Å². The van der Waals surface area contributed by atoms with Crippen LogP contribution in [-0.2, 0) is 25.5 Å². The minimum absolute atomic E-state index is 0.109. The maximum absolute atomic E-state index is 11.6. The van der Waals surface area contributed by atoms with Crippen molar-refractivity contribution in [2.24, 2.45) is 0 Å².